The Morgan fingerprint density at radius 3 is 2.48 bits per heavy atom. The zero-order valence-electron chi connectivity index (χ0n) is 16.2. The van der Waals surface area contributed by atoms with Crippen LogP contribution in [0.5, 0.6) is 0 Å². The van der Waals surface area contributed by atoms with E-state index in [2.05, 4.69) is 4.72 Å². The Balaban J connectivity index is 1.92. The van der Waals surface area contributed by atoms with Crippen LogP contribution in [0.4, 0.5) is 10.1 Å². The molecule has 0 saturated heterocycles. The molecular formula is C20H23FN2O5S. The number of nitrogens with zero attached hydrogens (tertiary/aromatic N) is 1. The van der Waals surface area contributed by atoms with Gasteiger partial charge in [0, 0.05) is 19.3 Å². The lowest BCUT2D eigenvalue weighted by Crippen LogP contribution is -2.30. The van der Waals surface area contributed by atoms with Crippen molar-refractivity contribution >= 4 is 27.6 Å². The van der Waals surface area contributed by atoms with Gasteiger partial charge in [0.25, 0.3) is 5.91 Å². The monoisotopic (exact) mass is 422 g/mol. The summed E-state index contributed by atoms with van der Waals surface area (Å²) in [6, 6.07) is 11.6. The molecule has 0 aromatic heterocycles. The number of carbonyl (C=O) groups excluding carboxylic acids is 2. The lowest BCUT2D eigenvalue weighted by Gasteiger charge is -2.17. The maximum Gasteiger partial charge on any atom is 0.338 e. The third-order valence-corrected chi connectivity index (χ3v) is 5.42. The summed E-state index contributed by atoms with van der Waals surface area (Å²) in [7, 11) is -1.94. The summed E-state index contributed by atoms with van der Waals surface area (Å²) in [6.07, 6.45) is 0.463. The topological polar surface area (TPSA) is 92.8 Å². The van der Waals surface area contributed by atoms with E-state index in [1.807, 2.05) is 0 Å². The van der Waals surface area contributed by atoms with Crippen LogP contribution in [0.2, 0.25) is 0 Å². The normalized spacial score (nSPS) is 11.0. The Labute approximate surface area is 169 Å². The molecule has 0 unspecified atom stereocenters. The fourth-order valence-electron chi connectivity index (χ4n) is 2.48. The second kappa shape index (κ2) is 10.0. The summed E-state index contributed by atoms with van der Waals surface area (Å²) in [4.78, 5) is 25.7. The first-order valence-corrected chi connectivity index (χ1v) is 10.6. The summed E-state index contributed by atoms with van der Waals surface area (Å²) in [5, 5.41) is 0. The van der Waals surface area contributed by atoms with Crippen LogP contribution in [-0.2, 0) is 26.1 Å². The van der Waals surface area contributed by atoms with E-state index in [9.17, 15) is 22.4 Å². The van der Waals surface area contributed by atoms with Crippen molar-refractivity contribution in [2.24, 2.45) is 0 Å². The molecule has 29 heavy (non-hydrogen) atoms. The van der Waals surface area contributed by atoms with Crippen LogP contribution in [0.25, 0.3) is 0 Å². The second-order valence-corrected chi connectivity index (χ2v) is 8.30. The number of benzene rings is 2. The number of nitrogens with one attached hydrogen (secondary N) is 1. The van der Waals surface area contributed by atoms with Gasteiger partial charge in [-0.25, -0.2) is 17.6 Å². The molecule has 1 N–H and O–H groups in total. The van der Waals surface area contributed by atoms with Gasteiger partial charge in [-0.05, 0) is 42.3 Å². The van der Waals surface area contributed by atoms with E-state index >= 15 is 0 Å². The highest BCUT2D eigenvalue weighted by Gasteiger charge is 2.15. The van der Waals surface area contributed by atoms with Crippen molar-refractivity contribution < 1.29 is 27.1 Å². The summed E-state index contributed by atoms with van der Waals surface area (Å²) < 4.78 is 44.0. The Morgan fingerprint density at radius 2 is 1.83 bits per heavy atom. The summed E-state index contributed by atoms with van der Waals surface area (Å²) in [5.41, 5.74) is 1.10. The van der Waals surface area contributed by atoms with Gasteiger partial charge in [-0.2, -0.15) is 0 Å². The first-order chi connectivity index (χ1) is 13.7. The van der Waals surface area contributed by atoms with Crippen LogP contribution in [-0.4, -0.2) is 44.6 Å². The number of anilines is 1. The Morgan fingerprint density at radius 1 is 1.14 bits per heavy atom. The van der Waals surface area contributed by atoms with Gasteiger partial charge < -0.3 is 9.64 Å². The number of esters is 1. The van der Waals surface area contributed by atoms with Crippen molar-refractivity contribution in [2.75, 3.05) is 24.1 Å². The molecule has 2 aromatic carbocycles. The fraction of sp³-hybridized carbons (Fsp3) is 0.300. The van der Waals surface area contributed by atoms with Crippen molar-refractivity contribution in [3.05, 3.63) is 65.5 Å². The average molecular weight is 422 g/mol. The third kappa shape index (κ3) is 7.19. The second-order valence-electron chi connectivity index (χ2n) is 6.45. The minimum atomic E-state index is -3.48. The number of rotatable bonds is 9. The van der Waals surface area contributed by atoms with Crippen molar-refractivity contribution in [1.82, 2.24) is 4.90 Å². The number of ether oxygens (including phenoxy) is 1. The molecule has 7 nitrogen and oxygen atoms in total. The molecule has 0 fully saturated rings. The number of halogens is 1. The molecule has 0 aliphatic heterocycles. The zero-order valence-corrected chi connectivity index (χ0v) is 17.0. The molecule has 0 saturated carbocycles. The highest BCUT2D eigenvalue weighted by atomic mass is 32.2. The molecule has 2 aromatic rings. The molecule has 9 heteroatoms. The minimum Gasteiger partial charge on any atom is -0.452 e. The third-order valence-electron chi connectivity index (χ3n) is 3.93. The average Bonchev–Trinajstić information content (AvgIpc) is 2.67. The molecule has 1 amide bonds. The first-order valence-electron chi connectivity index (χ1n) is 8.96. The van der Waals surface area contributed by atoms with Crippen LogP contribution in [0.15, 0.2) is 48.5 Å². The number of hydrogen-bond acceptors (Lipinski definition) is 5. The number of amides is 1. The molecule has 0 heterocycles. The first kappa shape index (κ1) is 22.4. The Bertz CT molecular complexity index is 961. The molecule has 0 spiro atoms. The van der Waals surface area contributed by atoms with Crippen molar-refractivity contribution in [3.8, 4) is 0 Å². The maximum atomic E-state index is 12.9. The van der Waals surface area contributed by atoms with E-state index < -0.39 is 28.5 Å². The van der Waals surface area contributed by atoms with Gasteiger partial charge >= 0.3 is 5.97 Å². The van der Waals surface area contributed by atoms with Gasteiger partial charge in [-0.1, -0.05) is 25.1 Å². The smallest absolute Gasteiger partial charge is 0.338 e. The lowest BCUT2D eigenvalue weighted by atomic mass is 10.2. The fourth-order valence-corrected chi connectivity index (χ4v) is 3.61. The highest BCUT2D eigenvalue weighted by molar-refractivity contribution is 7.92. The maximum absolute atomic E-state index is 12.9. The van der Waals surface area contributed by atoms with Crippen LogP contribution in [0.1, 0.15) is 29.3 Å². The van der Waals surface area contributed by atoms with Gasteiger partial charge in [0.2, 0.25) is 10.0 Å². The van der Waals surface area contributed by atoms with Crippen LogP contribution in [0, 0.1) is 5.82 Å². The SMILES string of the molecule is CCCS(=O)(=O)Nc1cccc(C(=O)OCC(=O)N(C)Cc2ccc(F)cc2)c1. The van der Waals surface area contributed by atoms with E-state index in [1.54, 1.807) is 26.1 Å². The minimum absolute atomic E-state index is 0.0312. The van der Waals surface area contributed by atoms with E-state index in [4.69, 9.17) is 4.74 Å². The van der Waals surface area contributed by atoms with E-state index in [-0.39, 0.29) is 29.4 Å². The molecule has 156 valence electrons. The Hall–Kier alpha value is -2.94. The van der Waals surface area contributed by atoms with Crippen LogP contribution >= 0.6 is 0 Å². The Kier molecular flexibility index (Phi) is 7.72. The van der Waals surface area contributed by atoms with Crippen LogP contribution < -0.4 is 4.72 Å². The predicted molar refractivity (Wildman–Crippen MR) is 107 cm³/mol. The standard InChI is InChI=1S/C20H23FN2O5S/c1-3-11-29(26,27)22-18-6-4-5-16(12-18)20(25)28-14-19(24)23(2)13-15-7-9-17(21)10-8-15/h4-10,12,22H,3,11,13-14H2,1-2H3. The zero-order chi connectivity index (χ0) is 21.4. The highest BCUT2D eigenvalue weighted by Crippen LogP contribution is 2.14. The predicted octanol–water partition coefficient (Wildman–Crippen LogP) is 2.79. The molecule has 0 atom stereocenters. The van der Waals surface area contributed by atoms with E-state index in [0.717, 1.165) is 5.56 Å². The lowest BCUT2D eigenvalue weighted by molar-refractivity contribution is -0.133. The van der Waals surface area contributed by atoms with Gasteiger partial charge in [0.05, 0.1) is 11.3 Å². The molecule has 2 rings (SSSR count). The number of carbonyl (C=O) groups is 2. The van der Waals surface area contributed by atoms with Gasteiger partial charge in [0.1, 0.15) is 5.82 Å². The van der Waals surface area contributed by atoms with Gasteiger partial charge in [0.15, 0.2) is 6.61 Å². The van der Waals surface area contributed by atoms with Gasteiger partial charge in [-0.3, -0.25) is 9.52 Å². The molecule has 0 aliphatic rings. The molecule has 0 bridgehead atoms. The van der Waals surface area contributed by atoms with Crippen molar-refractivity contribution in [2.45, 2.75) is 19.9 Å². The van der Waals surface area contributed by atoms with Crippen LogP contribution in [0.3, 0.4) is 0 Å². The van der Waals surface area contributed by atoms with E-state index in [1.165, 1.54) is 41.3 Å². The number of hydrogen-bond donors (Lipinski definition) is 1. The van der Waals surface area contributed by atoms with Gasteiger partial charge in [-0.15, -0.1) is 0 Å². The number of sulfonamides is 1. The quantitative estimate of drug-likeness (QED) is 0.628. The largest absolute Gasteiger partial charge is 0.452 e. The van der Waals surface area contributed by atoms with E-state index in [0.29, 0.717) is 6.42 Å². The molecule has 0 radical (unpaired) electrons. The van der Waals surface area contributed by atoms with Crippen molar-refractivity contribution in [3.63, 3.8) is 0 Å². The molecule has 0 aliphatic carbocycles. The summed E-state index contributed by atoms with van der Waals surface area (Å²) in [5.74, 6) is -1.57. The molecular weight excluding hydrogens is 399 g/mol. The summed E-state index contributed by atoms with van der Waals surface area (Å²) in [6.45, 7) is 1.52. The number of likely N-dealkylation sites (N-methyl/N-ethyl adjacent to an activating group) is 1. The summed E-state index contributed by atoms with van der Waals surface area (Å²) >= 11 is 0. The van der Waals surface area contributed by atoms with Crippen molar-refractivity contribution in [1.29, 1.82) is 0 Å².